The van der Waals surface area contributed by atoms with Gasteiger partial charge in [0, 0.05) is 70.0 Å². The van der Waals surface area contributed by atoms with Gasteiger partial charge in [-0.3, -0.25) is 0 Å². The standard InChI is InChI=1S/C51H55N2S/c1-7-9-34-52-43-30-26-36-18-14-16-22-41(36)47(43)50(3,4)45(52)32-28-38-24-25-39(49(38)54-40-20-12-11-13-21-40)29-33-46-51(5,6)48-42-23-17-15-19-37(42)27-31-44(48)53(46)35-10-8-2/h11-23,26-33H,7-10,24-25,34-35H2,1-6H3/q+1/b38-28+,39-29?,45-32+,46-33+. The second-order valence-corrected chi connectivity index (χ2v) is 17.4. The van der Waals surface area contributed by atoms with Crippen molar-refractivity contribution in [3.05, 3.63) is 161 Å². The zero-order valence-electron chi connectivity index (χ0n) is 33.1. The van der Waals surface area contributed by atoms with E-state index >= 15 is 0 Å². The smallest absolute Gasteiger partial charge is 0.237 e. The van der Waals surface area contributed by atoms with E-state index in [4.69, 9.17) is 0 Å². The van der Waals surface area contributed by atoms with E-state index in [9.17, 15) is 0 Å². The molecule has 0 atom stereocenters. The maximum Gasteiger partial charge on any atom is 0.237 e. The topological polar surface area (TPSA) is 6.48 Å². The Kier molecular flexibility index (Phi) is 9.96. The van der Waals surface area contributed by atoms with Crippen LogP contribution >= 0.6 is 0 Å². The number of hydrogen-bond donors (Lipinski definition) is 0. The molecule has 0 unspecified atom stereocenters. The van der Waals surface area contributed by atoms with Crippen LogP contribution in [0.1, 0.15) is 91.2 Å². The summed E-state index contributed by atoms with van der Waals surface area (Å²) < 4.78 is 0. The van der Waals surface area contributed by atoms with Crippen LogP contribution in [0.5, 0.6) is 0 Å². The molecule has 2 aliphatic heterocycles. The molecule has 0 saturated heterocycles. The second-order valence-electron chi connectivity index (χ2n) is 16.4. The number of unbranched alkanes of at least 4 members (excludes halogenated alkanes) is 2. The molecule has 0 bridgehead atoms. The zero-order valence-corrected chi connectivity index (χ0v) is 33.9. The van der Waals surface area contributed by atoms with Gasteiger partial charge in [-0.2, -0.15) is 0 Å². The molecule has 0 aromatic heterocycles. The molecule has 8 rings (SSSR count). The summed E-state index contributed by atoms with van der Waals surface area (Å²) >= 11 is 1.93. The first-order valence-corrected chi connectivity index (χ1v) is 21.1. The highest BCUT2D eigenvalue weighted by atomic mass is 32.1. The van der Waals surface area contributed by atoms with Gasteiger partial charge in [-0.05, 0) is 82.6 Å². The number of rotatable bonds is 9. The Morgan fingerprint density at radius 1 is 0.537 bits per heavy atom. The molecule has 2 nitrogen and oxygen atoms in total. The second kappa shape index (κ2) is 14.8. The number of benzene rings is 5. The van der Waals surface area contributed by atoms with E-state index in [1.807, 2.05) is 11.4 Å². The molecule has 3 aliphatic rings. The Hall–Kier alpha value is -4.73. The summed E-state index contributed by atoms with van der Waals surface area (Å²) in [5.41, 5.74) is 11.1. The summed E-state index contributed by atoms with van der Waals surface area (Å²) in [6, 6.07) is 38.2. The van der Waals surface area contributed by atoms with Gasteiger partial charge in [0.25, 0.3) is 0 Å². The highest BCUT2D eigenvalue weighted by Gasteiger charge is 2.42. The van der Waals surface area contributed by atoms with Crippen molar-refractivity contribution < 1.29 is 0 Å². The van der Waals surface area contributed by atoms with Crippen molar-refractivity contribution in [3.8, 4) is 0 Å². The summed E-state index contributed by atoms with van der Waals surface area (Å²) in [6.45, 7) is 16.4. The number of hydrogen-bond acceptors (Lipinski definition) is 2. The van der Waals surface area contributed by atoms with Gasteiger partial charge in [0.2, 0.25) is 21.1 Å². The quantitative estimate of drug-likeness (QED) is 0.0847. The lowest BCUT2D eigenvalue weighted by molar-refractivity contribution is 0.628. The van der Waals surface area contributed by atoms with Gasteiger partial charge < -0.3 is 9.80 Å². The third-order valence-corrected chi connectivity index (χ3v) is 13.3. The SMILES string of the molecule is CCCCN1/C(=C/C=C2CC/C(=C\C=C3\N(CCCC)c4ccc5ccccc5c4C3(C)C)C2=[S+]c2ccccc2)C(C)(C)c2c1ccc1ccccc21. The average Bonchev–Trinajstić information content (AvgIpc) is 3.74. The maximum atomic E-state index is 2.62. The molecule has 5 aromatic carbocycles. The van der Waals surface area contributed by atoms with E-state index in [-0.39, 0.29) is 10.8 Å². The van der Waals surface area contributed by atoms with Crippen molar-refractivity contribution in [2.75, 3.05) is 22.9 Å². The minimum atomic E-state index is -0.107. The van der Waals surface area contributed by atoms with E-state index in [0.29, 0.717) is 0 Å². The van der Waals surface area contributed by atoms with Gasteiger partial charge in [-0.15, -0.1) is 0 Å². The van der Waals surface area contributed by atoms with Crippen molar-refractivity contribution in [2.45, 2.75) is 95.8 Å². The van der Waals surface area contributed by atoms with Crippen LogP contribution in [0, 0.1) is 0 Å². The third kappa shape index (κ3) is 6.35. The van der Waals surface area contributed by atoms with Crippen molar-refractivity contribution in [1.29, 1.82) is 0 Å². The van der Waals surface area contributed by atoms with E-state index in [2.05, 4.69) is 179 Å². The van der Waals surface area contributed by atoms with Crippen molar-refractivity contribution in [3.63, 3.8) is 0 Å². The van der Waals surface area contributed by atoms with E-state index in [1.54, 1.807) is 0 Å². The lowest BCUT2D eigenvalue weighted by atomic mass is 9.81. The molecule has 2 heterocycles. The maximum absolute atomic E-state index is 2.62. The van der Waals surface area contributed by atoms with Crippen molar-refractivity contribution >= 4 is 49.1 Å². The average molecular weight is 728 g/mol. The van der Waals surface area contributed by atoms with Gasteiger partial charge in [0.1, 0.15) is 0 Å². The highest BCUT2D eigenvalue weighted by Crippen LogP contribution is 2.52. The summed E-state index contributed by atoms with van der Waals surface area (Å²) in [5.74, 6) is 0. The predicted octanol–water partition coefficient (Wildman–Crippen LogP) is 13.2. The van der Waals surface area contributed by atoms with Crippen molar-refractivity contribution in [1.82, 2.24) is 0 Å². The molecule has 0 radical (unpaired) electrons. The molecule has 1 aliphatic carbocycles. The molecule has 3 heteroatoms. The van der Waals surface area contributed by atoms with Gasteiger partial charge in [0.05, 0.1) is 0 Å². The van der Waals surface area contributed by atoms with Gasteiger partial charge in [-0.25, -0.2) is 0 Å². The molecule has 0 amide bonds. The molecule has 1 saturated carbocycles. The minimum Gasteiger partial charge on any atom is -0.344 e. The normalized spacial score (nSPS) is 21.1. The fourth-order valence-corrected chi connectivity index (χ4v) is 10.4. The van der Waals surface area contributed by atoms with Crippen LogP contribution in [-0.4, -0.2) is 18.0 Å². The minimum absolute atomic E-state index is 0.107. The van der Waals surface area contributed by atoms with Crippen LogP contribution in [0.15, 0.2) is 155 Å². The zero-order chi connectivity index (χ0) is 37.5. The van der Waals surface area contributed by atoms with Crippen LogP contribution in [0.2, 0.25) is 0 Å². The van der Waals surface area contributed by atoms with Crippen LogP contribution < -0.4 is 9.80 Å². The summed E-state index contributed by atoms with van der Waals surface area (Å²) in [4.78, 5) is 7.95. The number of anilines is 2. The van der Waals surface area contributed by atoms with Crippen molar-refractivity contribution in [2.24, 2.45) is 0 Å². The molecule has 1 fully saturated rings. The number of nitrogens with zero attached hydrogens (tertiary/aromatic N) is 2. The van der Waals surface area contributed by atoms with Crippen LogP contribution in [-0.2, 0) is 22.2 Å². The predicted molar refractivity (Wildman–Crippen MR) is 237 cm³/mol. The third-order valence-electron chi connectivity index (χ3n) is 12.1. The fraction of sp³-hybridized carbons (Fsp3) is 0.314. The lowest BCUT2D eigenvalue weighted by Crippen LogP contribution is -2.27. The van der Waals surface area contributed by atoms with Gasteiger partial charge >= 0.3 is 0 Å². The highest BCUT2D eigenvalue weighted by molar-refractivity contribution is 7.79. The Labute approximate surface area is 327 Å². The summed E-state index contributed by atoms with van der Waals surface area (Å²) in [7, 11) is 0. The van der Waals surface area contributed by atoms with Gasteiger partial charge in [-0.1, -0.05) is 145 Å². The van der Waals surface area contributed by atoms with Crippen LogP contribution in [0.3, 0.4) is 0 Å². The molecular weight excluding hydrogens is 673 g/mol. The Balaban J connectivity index is 1.22. The Bertz CT molecular complexity index is 2220. The molecule has 54 heavy (non-hydrogen) atoms. The molecule has 5 aromatic rings. The monoisotopic (exact) mass is 727 g/mol. The first-order chi connectivity index (χ1) is 26.2. The molecular formula is C51H55N2S+. The van der Waals surface area contributed by atoms with Crippen LogP contribution in [0.4, 0.5) is 11.4 Å². The largest absolute Gasteiger partial charge is 0.344 e. The first-order valence-electron chi connectivity index (χ1n) is 20.3. The Morgan fingerprint density at radius 3 is 1.44 bits per heavy atom. The fourth-order valence-electron chi connectivity index (χ4n) is 9.30. The van der Waals surface area contributed by atoms with E-state index in [0.717, 1.165) is 25.9 Å². The Morgan fingerprint density at radius 2 is 0.981 bits per heavy atom. The lowest BCUT2D eigenvalue weighted by Gasteiger charge is -2.27. The summed E-state index contributed by atoms with van der Waals surface area (Å²) in [5, 5.41) is 5.40. The summed E-state index contributed by atoms with van der Waals surface area (Å²) in [6.07, 6.45) is 16.7. The molecule has 0 N–H and O–H groups in total. The van der Waals surface area contributed by atoms with Gasteiger partial charge in [0.15, 0.2) is 0 Å². The molecule has 274 valence electrons. The number of allylic oxidation sites excluding steroid dienone is 8. The van der Waals surface area contributed by atoms with Crippen LogP contribution in [0.25, 0.3) is 21.5 Å². The number of fused-ring (bicyclic) bond motifs is 6. The van der Waals surface area contributed by atoms with E-state index < -0.39 is 0 Å². The first kappa shape index (κ1) is 36.3. The van der Waals surface area contributed by atoms with E-state index in [1.165, 1.54) is 102 Å². The molecule has 0 spiro atoms.